The number of carbonyl (C=O) groups is 1. The molecule has 0 saturated heterocycles. The van der Waals surface area contributed by atoms with Crippen molar-refractivity contribution in [3.05, 3.63) is 28.2 Å². The highest BCUT2D eigenvalue weighted by Crippen LogP contribution is 2.32. The number of hydrogen-bond donors (Lipinski definition) is 3. The molecule has 0 aliphatic carbocycles. The number of carboxylic acid groups (broad SMARTS) is 1. The van der Waals surface area contributed by atoms with Gasteiger partial charge in [-0.15, -0.1) is 0 Å². The molecule has 0 aromatic heterocycles. The van der Waals surface area contributed by atoms with Gasteiger partial charge >= 0.3 is 5.97 Å². The summed E-state index contributed by atoms with van der Waals surface area (Å²) >= 11 is 3.12. The highest BCUT2D eigenvalue weighted by molar-refractivity contribution is 9.10. The molecule has 1 atom stereocenters. The van der Waals surface area contributed by atoms with Crippen LogP contribution in [0, 0.1) is 0 Å². The third kappa shape index (κ3) is 2.46. The fraction of sp³-hybridized carbons (Fsp3) is 0.222. The zero-order valence-corrected chi connectivity index (χ0v) is 8.73. The summed E-state index contributed by atoms with van der Waals surface area (Å²) in [4.78, 5) is 10.3. The summed E-state index contributed by atoms with van der Waals surface area (Å²) in [5, 5.41) is 27.3. The first-order valence-electron chi connectivity index (χ1n) is 3.89. The molecule has 76 valence electrons. The van der Waals surface area contributed by atoms with Gasteiger partial charge in [-0.25, -0.2) is 0 Å². The molecule has 0 bridgehead atoms. The Hall–Kier alpha value is -1.07. The summed E-state index contributed by atoms with van der Waals surface area (Å²) in [6.07, 6.45) is -1.64. The molecule has 0 aliphatic heterocycles. The smallest absolute Gasteiger partial charge is 0.306 e. The summed E-state index contributed by atoms with van der Waals surface area (Å²) in [6, 6.07) is 4.61. The number of benzene rings is 1. The van der Waals surface area contributed by atoms with E-state index in [2.05, 4.69) is 15.9 Å². The van der Waals surface area contributed by atoms with Crippen molar-refractivity contribution >= 4 is 21.9 Å². The van der Waals surface area contributed by atoms with Gasteiger partial charge in [-0.05, 0) is 12.1 Å². The first-order chi connectivity index (χ1) is 6.52. The Bertz CT molecular complexity index is 330. The van der Waals surface area contributed by atoms with Crippen molar-refractivity contribution in [2.75, 3.05) is 0 Å². The van der Waals surface area contributed by atoms with Crippen LogP contribution in [0.15, 0.2) is 22.7 Å². The molecule has 1 aromatic rings. The van der Waals surface area contributed by atoms with Gasteiger partial charge in [0.1, 0.15) is 5.75 Å². The Morgan fingerprint density at radius 1 is 1.50 bits per heavy atom. The van der Waals surface area contributed by atoms with Gasteiger partial charge in [-0.3, -0.25) is 4.79 Å². The highest BCUT2D eigenvalue weighted by atomic mass is 79.9. The fourth-order valence-electron chi connectivity index (χ4n) is 1.12. The lowest BCUT2D eigenvalue weighted by Gasteiger charge is -2.11. The van der Waals surface area contributed by atoms with Crippen LogP contribution < -0.4 is 0 Å². The monoisotopic (exact) mass is 260 g/mol. The van der Waals surface area contributed by atoms with Crippen LogP contribution in [-0.2, 0) is 4.79 Å². The molecule has 0 fully saturated rings. The van der Waals surface area contributed by atoms with E-state index < -0.39 is 18.5 Å². The number of phenolic OH excluding ortho intramolecular Hbond substituents is 1. The zero-order valence-electron chi connectivity index (χ0n) is 7.14. The van der Waals surface area contributed by atoms with Gasteiger partial charge in [0.15, 0.2) is 0 Å². The standard InChI is InChI=1S/C9H9BrO4/c10-5-2-1-3-6(11)9(5)7(12)4-8(13)14/h1-3,7,11-12H,4H2,(H,13,14)/t7-/m0/s1. The van der Waals surface area contributed by atoms with Gasteiger partial charge in [0.25, 0.3) is 0 Å². The van der Waals surface area contributed by atoms with Crippen LogP contribution in [0.4, 0.5) is 0 Å². The van der Waals surface area contributed by atoms with Crippen LogP contribution in [0.25, 0.3) is 0 Å². The number of halogens is 1. The van der Waals surface area contributed by atoms with Crippen LogP contribution in [-0.4, -0.2) is 21.3 Å². The van der Waals surface area contributed by atoms with E-state index in [9.17, 15) is 15.0 Å². The van der Waals surface area contributed by atoms with Crippen molar-refractivity contribution in [2.24, 2.45) is 0 Å². The van der Waals surface area contributed by atoms with Crippen molar-refractivity contribution in [3.63, 3.8) is 0 Å². The minimum absolute atomic E-state index is 0.117. The Kier molecular flexibility index (Phi) is 3.49. The summed E-state index contributed by atoms with van der Waals surface area (Å²) in [6.45, 7) is 0. The first kappa shape index (κ1) is 11.0. The normalized spacial score (nSPS) is 12.4. The number of aliphatic hydroxyl groups is 1. The number of carboxylic acids is 1. The lowest BCUT2D eigenvalue weighted by atomic mass is 10.1. The number of aliphatic carboxylic acids is 1. The van der Waals surface area contributed by atoms with Gasteiger partial charge in [0.2, 0.25) is 0 Å². The zero-order chi connectivity index (χ0) is 10.7. The molecule has 0 radical (unpaired) electrons. The Morgan fingerprint density at radius 3 is 2.64 bits per heavy atom. The average molecular weight is 261 g/mol. The quantitative estimate of drug-likeness (QED) is 0.773. The lowest BCUT2D eigenvalue weighted by molar-refractivity contribution is -0.139. The average Bonchev–Trinajstić information content (AvgIpc) is 2.01. The second-order valence-electron chi connectivity index (χ2n) is 2.79. The van der Waals surface area contributed by atoms with E-state index in [1.54, 1.807) is 12.1 Å². The molecule has 0 spiro atoms. The largest absolute Gasteiger partial charge is 0.508 e. The van der Waals surface area contributed by atoms with Crippen LogP contribution in [0.5, 0.6) is 5.75 Å². The summed E-state index contributed by atoms with van der Waals surface area (Å²) in [5.41, 5.74) is 0.204. The SMILES string of the molecule is O=C(O)C[C@H](O)c1c(O)cccc1Br. The molecule has 0 aliphatic rings. The van der Waals surface area contributed by atoms with E-state index in [4.69, 9.17) is 5.11 Å². The second kappa shape index (κ2) is 4.43. The van der Waals surface area contributed by atoms with Gasteiger partial charge in [0.05, 0.1) is 12.5 Å². The first-order valence-corrected chi connectivity index (χ1v) is 4.69. The highest BCUT2D eigenvalue weighted by Gasteiger charge is 2.18. The predicted octanol–water partition coefficient (Wildman–Crippen LogP) is 1.66. The predicted molar refractivity (Wildman–Crippen MR) is 53.0 cm³/mol. The molecule has 4 nitrogen and oxygen atoms in total. The van der Waals surface area contributed by atoms with Gasteiger partial charge < -0.3 is 15.3 Å². The van der Waals surface area contributed by atoms with Crippen LogP contribution in [0.2, 0.25) is 0 Å². The molecular formula is C9H9BrO4. The molecule has 0 amide bonds. The van der Waals surface area contributed by atoms with Crippen molar-refractivity contribution < 1.29 is 20.1 Å². The summed E-state index contributed by atoms with van der Waals surface area (Å²) in [7, 11) is 0. The van der Waals surface area contributed by atoms with Crippen LogP contribution in [0.3, 0.4) is 0 Å². The van der Waals surface area contributed by atoms with E-state index in [1.807, 2.05) is 0 Å². The van der Waals surface area contributed by atoms with Gasteiger partial charge in [-0.2, -0.15) is 0 Å². The van der Waals surface area contributed by atoms with Crippen LogP contribution >= 0.6 is 15.9 Å². The van der Waals surface area contributed by atoms with Crippen LogP contribution in [0.1, 0.15) is 18.1 Å². The Balaban J connectivity index is 2.99. The molecule has 3 N–H and O–H groups in total. The minimum atomic E-state index is -1.21. The maximum absolute atomic E-state index is 10.3. The molecule has 0 unspecified atom stereocenters. The van der Waals surface area contributed by atoms with Crippen molar-refractivity contribution in [1.29, 1.82) is 0 Å². The maximum Gasteiger partial charge on any atom is 0.306 e. The van der Waals surface area contributed by atoms with Crippen molar-refractivity contribution in [1.82, 2.24) is 0 Å². The number of aromatic hydroxyl groups is 1. The molecule has 1 rings (SSSR count). The summed E-state index contributed by atoms with van der Waals surface area (Å²) < 4.78 is 0.492. The summed E-state index contributed by atoms with van der Waals surface area (Å²) in [5.74, 6) is -1.24. The molecule has 5 heteroatoms. The number of aliphatic hydroxyl groups excluding tert-OH is 1. The maximum atomic E-state index is 10.3. The second-order valence-corrected chi connectivity index (χ2v) is 3.64. The molecule has 0 saturated carbocycles. The van der Waals surface area contributed by atoms with E-state index in [-0.39, 0.29) is 11.3 Å². The minimum Gasteiger partial charge on any atom is -0.508 e. The Labute approximate surface area is 88.9 Å². The van der Waals surface area contributed by atoms with Gasteiger partial charge in [0, 0.05) is 10.0 Å². The fourth-order valence-corrected chi connectivity index (χ4v) is 1.74. The number of hydrogen-bond acceptors (Lipinski definition) is 3. The van der Waals surface area contributed by atoms with Crippen molar-refractivity contribution in [2.45, 2.75) is 12.5 Å². The topological polar surface area (TPSA) is 77.8 Å². The molecular weight excluding hydrogens is 252 g/mol. The third-order valence-corrected chi connectivity index (χ3v) is 2.42. The van der Waals surface area contributed by atoms with E-state index in [1.165, 1.54) is 6.07 Å². The van der Waals surface area contributed by atoms with Gasteiger partial charge in [-0.1, -0.05) is 22.0 Å². The van der Waals surface area contributed by atoms with E-state index in [0.29, 0.717) is 4.47 Å². The lowest BCUT2D eigenvalue weighted by Crippen LogP contribution is -2.06. The number of rotatable bonds is 3. The van der Waals surface area contributed by atoms with E-state index >= 15 is 0 Å². The molecule has 1 aromatic carbocycles. The van der Waals surface area contributed by atoms with E-state index in [0.717, 1.165) is 0 Å². The third-order valence-electron chi connectivity index (χ3n) is 1.73. The molecule has 0 heterocycles. The Morgan fingerprint density at radius 2 is 2.14 bits per heavy atom. The number of phenols is 1. The van der Waals surface area contributed by atoms with Crippen molar-refractivity contribution in [3.8, 4) is 5.75 Å². The molecule has 14 heavy (non-hydrogen) atoms.